The van der Waals surface area contributed by atoms with Gasteiger partial charge in [-0.1, -0.05) is 25.0 Å². The molecule has 80 valence electrons. The number of hydrogen-bond acceptors (Lipinski definition) is 2. The maximum absolute atomic E-state index is 2.51. The molecule has 0 bridgehead atoms. The van der Waals surface area contributed by atoms with E-state index in [0.29, 0.717) is 0 Å². The lowest BCUT2D eigenvalue weighted by Crippen LogP contribution is -2.44. The molecular weight excluding hydrogens is 202 g/mol. The van der Waals surface area contributed by atoms with Crippen LogP contribution in [0.4, 0.5) is 5.69 Å². The summed E-state index contributed by atoms with van der Waals surface area (Å²) >= 11 is 2.10. The zero-order valence-electron chi connectivity index (χ0n) is 9.15. The molecule has 2 heteroatoms. The van der Waals surface area contributed by atoms with Crippen LogP contribution in [0.5, 0.6) is 0 Å². The molecule has 0 saturated heterocycles. The highest BCUT2D eigenvalue weighted by Gasteiger charge is 2.34. The second-order valence-electron chi connectivity index (χ2n) is 4.59. The minimum atomic E-state index is 0.777. The zero-order chi connectivity index (χ0) is 10.3. The van der Waals surface area contributed by atoms with Crippen LogP contribution in [0.2, 0.25) is 0 Å². The Bertz CT molecular complexity index is 363. The number of thioether (sulfide) groups is 1. The Morgan fingerprint density at radius 2 is 2.00 bits per heavy atom. The molecule has 1 fully saturated rings. The third kappa shape index (κ3) is 1.55. The van der Waals surface area contributed by atoms with Gasteiger partial charge in [0.05, 0.1) is 5.69 Å². The zero-order valence-corrected chi connectivity index (χ0v) is 9.96. The molecule has 1 aromatic carbocycles. The molecule has 3 rings (SSSR count). The van der Waals surface area contributed by atoms with E-state index in [1.807, 2.05) is 0 Å². The van der Waals surface area contributed by atoms with E-state index < -0.39 is 0 Å². The number of benzene rings is 1. The van der Waals surface area contributed by atoms with E-state index in [9.17, 15) is 0 Å². The first-order valence-corrected chi connectivity index (χ1v) is 6.73. The molecule has 15 heavy (non-hydrogen) atoms. The molecule has 0 N–H and O–H groups in total. The molecule has 0 amide bonds. The summed E-state index contributed by atoms with van der Waals surface area (Å²) in [6.07, 6.45) is 5.61. The van der Waals surface area contributed by atoms with Crippen molar-refractivity contribution >= 4 is 17.4 Å². The lowest BCUT2D eigenvalue weighted by molar-refractivity contribution is 0.433. The molecule has 1 aliphatic carbocycles. The van der Waals surface area contributed by atoms with Crippen LogP contribution in [0.15, 0.2) is 29.2 Å². The first-order valence-electron chi connectivity index (χ1n) is 5.85. The first kappa shape index (κ1) is 9.59. The predicted octanol–water partition coefficient (Wildman–Crippen LogP) is 3.54. The van der Waals surface area contributed by atoms with Gasteiger partial charge >= 0.3 is 0 Å². The van der Waals surface area contributed by atoms with Gasteiger partial charge in [-0.25, -0.2) is 0 Å². The molecule has 2 aliphatic rings. The predicted molar refractivity (Wildman–Crippen MR) is 66.7 cm³/mol. The SMILES string of the molecule is CN1c2ccccc2SC2CCCCC21. The van der Waals surface area contributed by atoms with Crippen LogP contribution >= 0.6 is 11.8 Å². The van der Waals surface area contributed by atoms with Gasteiger partial charge < -0.3 is 4.90 Å². The number of para-hydroxylation sites is 1. The summed E-state index contributed by atoms with van der Waals surface area (Å²) in [7, 11) is 2.27. The van der Waals surface area contributed by atoms with Crippen molar-refractivity contribution in [2.75, 3.05) is 11.9 Å². The fraction of sp³-hybridized carbons (Fsp3) is 0.538. The Labute approximate surface area is 95.9 Å². The third-order valence-corrected chi connectivity index (χ3v) is 5.14. The van der Waals surface area contributed by atoms with E-state index in [-0.39, 0.29) is 0 Å². The molecule has 0 radical (unpaired) electrons. The summed E-state index contributed by atoms with van der Waals surface area (Å²) in [4.78, 5) is 3.98. The van der Waals surface area contributed by atoms with Gasteiger partial charge in [-0.15, -0.1) is 11.8 Å². The largest absolute Gasteiger partial charge is 0.370 e. The fourth-order valence-corrected chi connectivity index (χ4v) is 4.42. The van der Waals surface area contributed by atoms with Gasteiger partial charge in [-0.05, 0) is 25.0 Å². The minimum Gasteiger partial charge on any atom is -0.370 e. The first-order chi connectivity index (χ1) is 7.36. The van der Waals surface area contributed by atoms with Crippen LogP contribution < -0.4 is 4.90 Å². The monoisotopic (exact) mass is 219 g/mol. The van der Waals surface area contributed by atoms with Gasteiger partial charge in [0.1, 0.15) is 0 Å². The summed E-state index contributed by atoms with van der Waals surface area (Å²) in [5.41, 5.74) is 1.44. The minimum absolute atomic E-state index is 0.777. The van der Waals surface area contributed by atoms with Crippen LogP contribution in [0.3, 0.4) is 0 Å². The molecule has 1 heterocycles. The highest BCUT2D eigenvalue weighted by molar-refractivity contribution is 8.00. The van der Waals surface area contributed by atoms with Gasteiger partial charge in [-0.2, -0.15) is 0 Å². The number of rotatable bonds is 0. The lowest BCUT2D eigenvalue weighted by atomic mass is 9.93. The molecule has 1 saturated carbocycles. The van der Waals surface area contributed by atoms with Gasteiger partial charge in [0.15, 0.2) is 0 Å². The molecule has 1 aromatic rings. The van der Waals surface area contributed by atoms with Gasteiger partial charge in [-0.3, -0.25) is 0 Å². The summed E-state index contributed by atoms with van der Waals surface area (Å²) in [6, 6.07) is 9.61. The average molecular weight is 219 g/mol. The smallest absolute Gasteiger partial charge is 0.0504 e. The Balaban J connectivity index is 1.98. The maximum Gasteiger partial charge on any atom is 0.0504 e. The van der Waals surface area contributed by atoms with Crippen molar-refractivity contribution in [3.8, 4) is 0 Å². The molecule has 2 unspecified atom stereocenters. The number of fused-ring (bicyclic) bond motifs is 2. The molecular formula is C13H17NS. The number of hydrogen-bond donors (Lipinski definition) is 0. The van der Waals surface area contributed by atoms with E-state index in [2.05, 4.69) is 48.0 Å². The van der Waals surface area contributed by atoms with E-state index >= 15 is 0 Å². The highest BCUT2D eigenvalue weighted by Crippen LogP contribution is 2.45. The third-order valence-electron chi connectivity index (χ3n) is 3.69. The van der Waals surface area contributed by atoms with Gasteiger partial charge in [0, 0.05) is 23.2 Å². The second-order valence-corrected chi connectivity index (χ2v) is 5.87. The Kier molecular flexibility index (Phi) is 2.39. The summed E-state index contributed by atoms with van der Waals surface area (Å²) in [5.74, 6) is 0. The van der Waals surface area contributed by atoms with Crippen LogP contribution in [0, 0.1) is 0 Å². The maximum atomic E-state index is 2.51. The van der Waals surface area contributed by atoms with Gasteiger partial charge in [0.25, 0.3) is 0 Å². The van der Waals surface area contributed by atoms with E-state index in [0.717, 1.165) is 11.3 Å². The molecule has 0 spiro atoms. The van der Waals surface area contributed by atoms with Crippen molar-refractivity contribution in [2.45, 2.75) is 41.9 Å². The summed E-state index contributed by atoms with van der Waals surface area (Å²) in [5, 5.41) is 0.832. The molecule has 0 aromatic heterocycles. The quantitative estimate of drug-likeness (QED) is 0.656. The van der Waals surface area contributed by atoms with E-state index in [4.69, 9.17) is 0 Å². The van der Waals surface area contributed by atoms with Crippen molar-refractivity contribution in [2.24, 2.45) is 0 Å². The normalized spacial score (nSPS) is 29.5. The highest BCUT2D eigenvalue weighted by atomic mass is 32.2. The van der Waals surface area contributed by atoms with Crippen LogP contribution in [0.25, 0.3) is 0 Å². The van der Waals surface area contributed by atoms with Crippen molar-refractivity contribution in [3.05, 3.63) is 24.3 Å². The Morgan fingerprint density at radius 3 is 2.93 bits per heavy atom. The van der Waals surface area contributed by atoms with Gasteiger partial charge in [0.2, 0.25) is 0 Å². The second kappa shape index (κ2) is 3.75. The van der Waals surface area contributed by atoms with Crippen molar-refractivity contribution in [1.29, 1.82) is 0 Å². The van der Waals surface area contributed by atoms with Crippen molar-refractivity contribution < 1.29 is 0 Å². The van der Waals surface area contributed by atoms with Crippen molar-refractivity contribution in [1.82, 2.24) is 0 Å². The van der Waals surface area contributed by atoms with Crippen LogP contribution in [-0.4, -0.2) is 18.3 Å². The summed E-state index contributed by atoms with van der Waals surface area (Å²) < 4.78 is 0. The fourth-order valence-electron chi connectivity index (χ4n) is 2.85. The standard InChI is InChI=1S/C13H17NS/c1-14-10-6-2-4-8-12(10)15-13-9-5-3-7-11(13)14/h2,4,6,8,11,13H,3,5,7,9H2,1H3. The Morgan fingerprint density at radius 1 is 1.20 bits per heavy atom. The molecule has 1 aliphatic heterocycles. The van der Waals surface area contributed by atoms with E-state index in [1.54, 1.807) is 0 Å². The summed E-state index contributed by atoms with van der Waals surface area (Å²) in [6.45, 7) is 0. The number of nitrogens with zero attached hydrogens (tertiary/aromatic N) is 1. The van der Waals surface area contributed by atoms with Crippen LogP contribution in [-0.2, 0) is 0 Å². The van der Waals surface area contributed by atoms with E-state index in [1.165, 1.54) is 36.3 Å². The number of anilines is 1. The molecule has 1 nitrogen and oxygen atoms in total. The lowest BCUT2D eigenvalue weighted by Gasteiger charge is -2.43. The average Bonchev–Trinajstić information content (AvgIpc) is 2.30. The topological polar surface area (TPSA) is 3.24 Å². The Hall–Kier alpha value is -0.630. The van der Waals surface area contributed by atoms with Crippen molar-refractivity contribution in [3.63, 3.8) is 0 Å². The van der Waals surface area contributed by atoms with Crippen LogP contribution in [0.1, 0.15) is 25.7 Å². The molecule has 2 atom stereocenters.